The Morgan fingerprint density at radius 2 is 2.16 bits per heavy atom. The standard InChI is InChI=1S/C15H14N2OS/c1-2-10-7-14(18)17(9-10)15-12(8-16)11-5-3-4-6-13(11)19-15/h1,10H,3-7,9H2. The van der Waals surface area contributed by atoms with Crippen molar-refractivity contribution in [3.8, 4) is 18.4 Å². The molecule has 2 heterocycles. The molecule has 0 saturated carbocycles. The first-order chi connectivity index (χ1) is 9.24. The van der Waals surface area contributed by atoms with Crippen molar-refractivity contribution in [2.24, 2.45) is 5.92 Å². The third-order valence-corrected chi connectivity index (χ3v) is 5.19. The second-order valence-electron chi connectivity index (χ2n) is 5.07. The smallest absolute Gasteiger partial charge is 0.228 e. The van der Waals surface area contributed by atoms with E-state index in [0.717, 1.165) is 24.3 Å². The molecule has 96 valence electrons. The largest absolute Gasteiger partial charge is 0.301 e. The number of hydrogen-bond acceptors (Lipinski definition) is 3. The van der Waals surface area contributed by atoms with Gasteiger partial charge in [-0.3, -0.25) is 4.79 Å². The van der Waals surface area contributed by atoms with Crippen LogP contribution in [0, 0.1) is 29.6 Å². The molecule has 1 aromatic rings. The van der Waals surface area contributed by atoms with Crippen LogP contribution in [0.25, 0.3) is 0 Å². The molecule has 1 aliphatic carbocycles. The summed E-state index contributed by atoms with van der Waals surface area (Å²) in [6.07, 6.45) is 10.1. The van der Waals surface area contributed by atoms with E-state index in [1.165, 1.54) is 16.9 Å². The summed E-state index contributed by atoms with van der Waals surface area (Å²) in [6.45, 7) is 0.559. The Hall–Kier alpha value is -1.78. The average Bonchev–Trinajstić information content (AvgIpc) is 2.98. The van der Waals surface area contributed by atoms with E-state index in [2.05, 4.69) is 12.0 Å². The Morgan fingerprint density at radius 3 is 2.84 bits per heavy atom. The number of rotatable bonds is 1. The zero-order valence-corrected chi connectivity index (χ0v) is 11.4. The molecule has 3 nitrogen and oxygen atoms in total. The third kappa shape index (κ3) is 1.93. The summed E-state index contributed by atoms with van der Waals surface area (Å²) < 4.78 is 0. The number of thiophene rings is 1. The molecule has 0 radical (unpaired) electrons. The quantitative estimate of drug-likeness (QED) is 0.736. The minimum Gasteiger partial charge on any atom is -0.301 e. The molecule has 19 heavy (non-hydrogen) atoms. The van der Waals surface area contributed by atoms with Gasteiger partial charge in [0.05, 0.1) is 5.56 Å². The lowest BCUT2D eigenvalue weighted by Crippen LogP contribution is -2.24. The first-order valence-electron chi connectivity index (χ1n) is 6.55. The molecule has 0 bridgehead atoms. The van der Waals surface area contributed by atoms with Crippen LogP contribution in [0.2, 0.25) is 0 Å². The number of fused-ring (bicyclic) bond motifs is 1. The molecule has 1 aliphatic heterocycles. The minimum atomic E-state index is -0.0156. The van der Waals surface area contributed by atoms with Gasteiger partial charge in [-0.1, -0.05) is 0 Å². The second-order valence-corrected chi connectivity index (χ2v) is 6.16. The zero-order chi connectivity index (χ0) is 13.4. The van der Waals surface area contributed by atoms with Crippen LogP contribution in [0.15, 0.2) is 0 Å². The molecule has 3 rings (SSSR count). The first kappa shape index (κ1) is 12.3. The number of nitriles is 1. The van der Waals surface area contributed by atoms with Gasteiger partial charge in [-0.2, -0.15) is 5.26 Å². The summed E-state index contributed by atoms with van der Waals surface area (Å²) >= 11 is 1.61. The highest BCUT2D eigenvalue weighted by atomic mass is 32.1. The van der Waals surface area contributed by atoms with Crippen LogP contribution in [-0.2, 0) is 17.6 Å². The van der Waals surface area contributed by atoms with Crippen LogP contribution >= 0.6 is 11.3 Å². The van der Waals surface area contributed by atoms with E-state index in [-0.39, 0.29) is 11.8 Å². The Kier molecular flexibility index (Phi) is 3.05. The second kappa shape index (κ2) is 4.72. The zero-order valence-electron chi connectivity index (χ0n) is 10.6. The molecule has 0 aromatic carbocycles. The van der Waals surface area contributed by atoms with Crippen molar-refractivity contribution < 1.29 is 4.79 Å². The van der Waals surface area contributed by atoms with Gasteiger partial charge in [0.2, 0.25) is 5.91 Å². The normalized spacial score (nSPS) is 21.9. The molecule has 1 fully saturated rings. The SMILES string of the molecule is C#CC1CC(=O)N(c2sc3c(c2C#N)CCCC3)C1. The number of aryl methyl sites for hydroxylation is 1. The van der Waals surface area contributed by atoms with Gasteiger partial charge in [0.25, 0.3) is 0 Å². The lowest BCUT2D eigenvalue weighted by molar-refractivity contribution is -0.117. The summed E-state index contributed by atoms with van der Waals surface area (Å²) in [6, 6.07) is 2.30. The molecule has 1 amide bonds. The van der Waals surface area contributed by atoms with Gasteiger partial charge < -0.3 is 4.90 Å². The minimum absolute atomic E-state index is 0.0156. The number of hydrogen-bond donors (Lipinski definition) is 0. The van der Waals surface area contributed by atoms with Crippen LogP contribution in [0.3, 0.4) is 0 Å². The predicted molar refractivity (Wildman–Crippen MR) is 75.0 cm³/mol. The van der Waals surface area contributed by atoms with E-state index in [0.29, 0.717) is 18.5 Å². The summed E-state index contributed by atoms with van der Waals surface area (Å²) in [5.74, 6) is 2.69. The van der Waals surface area contributed by atoms with Crippen LogP contribution in [0.1, 0.15) is 35.3 Å². The van der Waals surface area contributed by atoms with Crippen molar-refractivity contribution in [3.05, 3.63) is 16.0 Å². The maximum atomic E-state index is 12.1. The number of carbonyl (C=O) groups excluding carboxylic acids is 1. The van der Waals surface area contributed by atoms with E-state index >= 15 is 0 Å². The van der Waals surface area contributed by atoms with Crippen molar-refractivity contribution >= 4 is 22.2 Å². The molecule has 4 heteroatoms. The number of terminal acetylenes is 1. The van der Waals surface area contributed by atoms with Gasteiger partial charge in [0.15, 0.2) is 0 Å². The molecular formula is C15H14N2OS. The predicted octanol–water partition coefficient (Wildman–Crippen LogP) is 2.48. The number of carbonyl (C=O) groups is 1. The summed E-state index contributed by atoms with van der Waals surface area (Å²) in [5.41, 5.74) is 1.89. The molecule has 1 aromatic heterocycles. The first-order valence-corrected chi connectivity index (χ1v) is 7.37. The monoisotopic (exact) mass is 270 g/mol. The number of anilines is 1. The highest BCUT2D eigenvalue weighted by Crippen LogP contribution is 2.41. The van der Waals surface area contributed by atoms with Crippen LogP contribution in [-0.4, -0.2) is 12.5 Å². The highest BCUT2D eigenvalue weighted by molar-refractivity contribution is 7.16. The molecule has 1 saturated heterocycles. The van der Waals surface area contributed by atoms with E-state index in [1.807, 2.05) is 0 Å². The van der Waals surface area contributed by atoms with Crippen LogP contribution < -0.4 is 4.90 Å². The highest BCUT2D eigenvalue weighted by Gasteiger charge is 2.33. The van der Waals surface area contributed by atoms with Crippen molar-refractivity contribution in [3.63, 3.8) is 0 Å². The van der Waals surface area contributed by atoms with Gasteiger partial charge in [0.1, 0.15) is 11.1 Å². The van der Waals surface area contributed by atoms with Gasteiger partial charge in [-0.25, -0.2) is 0 Å². The maximum Gasteiger partial charge on any atom is 0.228 e. The summed E-state index contributed by atoms with van der Waals surface area (Å²) in [5, 5.41) is 10.2. The molecule has 0 spiro atoms. The van der Waals surface area contributed by atoms with Gasteiger partial charge in [-0.15, -0.1) is 23.7 Å². The Balaban J connectivity index is 2.02. The molecular weight excluding hydrogens is 256 g/mol. The topological polar surface area (TPSA) is 44.1 Å². The van der Waals surface area contributed by atoms with Crippen LogP contribution in [0.4, 0.5) is 5.00 Å². The van der Waals surface area contributed by atoms with Crippen molar-refractivity contribution in [2.45, 2.75) is 32.1 Å². The fourth-order valence-electron chi connectivity index (χ4n) is 2.87. The Morgan fingerprint density at radius 1 is 1.37 bits per heavy atom. The molecule has 0 N–H and O–H groups in total. The Bertz CT molecular complexity index is 617. The number of amides is 1. The average molecular weight is 270 g/mol. The summed E-state index contributed by atoms with van der Waals surface area (Å²) in [4.78, 5) is 15.1. The van der Waals surface area contributed by atoms with Crippen LogP contribution in [0.5, 0.6) is 0 Å². The van der Waals surface area contributed by atoms with Crippen molar-refractivity contribution in [1.29, 1.82) is 5.26 Å². The maximum absolute atomic E-state index is 12.1. The van der Waals surface area contributed by atoms with Gasteiger partial charge in [0, 0.05) is 23.8 Å². The van der Waals surface area contributed by atoms with Gasteiger partial charge >= 0.3 is 0 Å². The third-order valence-electron chi connectivity index (χ3n) is 3.87. The van der Waals surface area contributed by atoms with Gasteiger partial charge in [-0.05, 0) is 31.2 Å². The van der Waals surface area contributed by atoms with Crippen molar-refractivity contribution in [2.75, 3.05) is 11.4 Å². The van der Waals surface area contributed by atoms with E-state index in [9.17, 15) is 10.1 Å². The lowest BCUT2D eigenvalue weighted by Gasteiger charge is -2.14. The van der Waals surface area contributed by atoms with E-state index in [1.54, 1.807) is 16.2 Å². The van der Waals surface area contributed by atoms with E-state index < -0.39 is 0 Å². The fraction of sp³-hybridized carbons (Fsp3) is 0.467. The molecule has 2 aliphatic rings. The molecule has 1 unspecified atom stereocenters. The molecule has 1 atom stereocenters. The number of nitrogens with zero attached hydrogens (tertiary/aromatic N) is 2. The fourth-order valence-corrected chi connectivity index (χ4v) is 4.24. The van der Waals surface area contributed by atoms with Crippen molar-refractivity contribution in [1.82, 2.24) is 0 Å². The van der Waals surface area contributed by atoms with E-state index in [4.69, 9.17) is 6.42 Å². The lowest BCUT2D eigenvalue weighted by atomic mass is 9.96. The summed E-state index contributed by atoms with van der Waals surface area (Å²) in [7, 11) is 0. The Labute approximate surface area is 116 Å².